The number of aromatic nitrogens is 2. The van der Waals surface area contributed by atoms with Gasteiger partial charge < -0.3 is 10.6 Å². The average Bonchev–Trinajstić information content (AvgIpc) is 2.72. The van der Waals surface area contributed by atoms with E-state index in [0.717, 1.165) is 38.3 Å². The van der Waals surface area contributed by atoms with E-state index < -0.39 is 0 Å². The van der Waals surface area contributed by atoms with Crippen LogP contribution in [0, 0.1) is 0 Å². The molecule has 1 aliphatic rings. The Balaban J connectivity index is 2.08. The number of anilines is 1. The molecule has 0 amide bonds. The summed E-state index contributed by atoms with van der Waals surface area (Å²) in [7, 11) is 2.02. The third-order valence-corrected chi connectivity index (χ3v) is 2.84. The molecule has 0 saturated heterocycles. The van der Waals surface area contributed by atoms with Crippen molar-refractivity contribution in [2.45, 2.75) is 25.7 Å². The number of hydrogen-bond donors (Lipinski definition) is 1. The number of nitrogens with two attached hydrogens (primary N) is 1. The van der Waals surface area contributed by atoms with E-state index in [1.807, 2.05) is 13.2 Å². The molecule has 0 saturated carbocycles. The number of hydrogen-bond acceptors (Lipinski definition) is 4. The van der Waals surface area contributed by atoms with Crippen LogP contribution in [0.25, 0.3) is 0 Å². The molecule has 82 valence electrons. The summed E-state index contributed by atoms with van der Waals surface area (Å²) >= 11 is 0. The third kappa shape index (κ3) is 2.26. The first-order valence-corrected chi connectivity index (χ1v) is 5.57. The van der Waals surface area contributed by atoms with Crippen LogP contribution in [0.3, 0.4) is 0 Å². The first-order chi connectivity index (χ1) is 7.31. The average molecular weight is 206 g/mol. The van der Waals surface area contributed by atoms with Crippen LogP contribution >= 0.6 is 0 Å². The molecule has 0 aromatic carbocycles. The Labute approximate surface area is 90.5 Å². The van der Waals surface area contributed by atoms with Crippen LogP contribution in [0.5, 0.6) is 0 Å². The summed E-state index contributed by atoms with van der Waals surface area (Å²) in [6, 6.07) is 0. The van der Waals surface area contributed by atoms with Crippen LogP contribution in [0.2, 0.25) is 0 Å². The molecule has 0 atom stereocenters. The van der Waals surface area contributed by atoms with E-state index in [2.05, 4.69) is 14.9 Å². The van der Waals surface area contributed by atoms with E-state index in [0.29, 0.717) is 0 Å². The van der Waals surface area contributed by atoms with E-state index in [9.17, 15) is 0 Å². The maximum absolute atomic E-state index is 5.48. The van der Waals surface area contributed by atoms with Gasteiger partial charge in [0.15, 0.2) is 0 Å². The summed E-state index contributed by atoms with van der Waals surface area (Å²) in [5.74, 6) is 0.837. The molecule has 1 heterocycles. The van der Waals surface area contributed by atoms with Gasteiger partial charge in [-0.05, 0) is 37.8 Å². The fourth-order valence-electron chi connectivity index (χ4n) is 1.92. The molecule has 1 aliphatic carbocycles. The molecule has 4 nitrogen and oxygen atoms in total. The highest BCUT2D eigenvalue weighted by Crippen LogP contribution is 2.20. The van der Waals surface area contributed by atoms with E-state index in [1.165, 1.54) is 17.7 Å². The van der Waals surface area contributed by atoms with Gasteiger partial charge in [0.2, 0.25) is 5.95 Å². The maximum atomic E-state index is 5.48. The van der Waals surface area contributed by atoms with Crippen molar-refractivity contribution in [3.63, 3.8) is 0 Å². The Morgan fingerprint density at radius 3 is 3.13 bits per heavy atom. The molecular formula is C11H18N4. The standard InChI is InChI=1S/C11H18N4/c1-15(7-3-6-12)11-13-8-9-4-2-5-10(9)14-11/h8H,2-7,12H2,1H3. The van der Waals surface area contributed by atoms with Crippen molar-refractivity contribution in [2.24, 2.45) is 5.73 Å². The molecule has 2 rings (SSSR count). The first kappa shape index (κ1) is 10.4. The van der Waals surface area contributed by atoms with Crippen molar-refractivity contribution in [3.8, 4) is 0 Å². The Morgan fingerprint density at radius 2 is 2.33 bits per heavy atom. The second kappa shape index (κ2) is 4.57. The van der Waals surface area contributed by atoms with Gasteiger partial charge in [-0.15, -0.1) is 0 Å². The monoisotopic (exact) mass is 206 g/mol. The molecule has 15 heavy (non-hydrogen) atoms. The smallest absolute Gasteiger partial charge is 0.225 e. The van der Waals surface area contributed by atoms with Gasteiger partial charge in [-0.3, -0.25) is 0 Å². The van der Waals surface area contributed by atoms with Gasteiger partial charge in [0.25, 0.3) is 0 Å². The number of rotatable bonds is 4. The fourth-order valence-corrected chi connectivity index (χ4v) is 1.92. The number of aryl methyl sites for hydroxylation is 2. The second-order valence-corrected chi connectivity index (χ2v) is 4.06. The minimum atomic E-state index is 0.718. The highest BCUT2D eigenvalue weighted by molar-refractivity contribution is 5.33. The molecule has 0 radical (unpaired) electrons. The normalized spacial score (nSPS) is 14.0. The van der Waals surface area contributed by atoms with Crippen LogP contribution in [0.4, 0.5) is 5.95 Å². The lowest BCUT2D eigenvalue weighted by Gasteiger charge is -2.16. The van der Waals surface area contributed by atoms with Gasteiger partial charge in [0.1, 0.15) is 0 Å². The Bertz CT molecular complexity index is 337. The van der Waals surface area contributed by atoms with Gasteiger partial charge in [-0.25, -0.2) is 9.97 Å². The van der Waals surface area contributed by atoms with Crippen LogP contribution < -0.4 is 10.6 Å². The zero-order valence-corrected chi connectivity index (χ0v) is 9.24. The van der Waals surface area contributed by atoms with Gasteiger partial charge in [-0.2, -0.15) is 0 Å². The Hall–Kier alpha value is -1.16. The molecular weight excluding hydrogens is 188 g/mol. The van der Waals surface area contributed by atoms with Crippen molar-refractivity contribution in [2.75, 3.05) is 25.0 Å². The van der Waals surface area contributed by atoms with Gasteiger partial charge >= 0.3 is 0 Å². The first-order valence-electron chi connectivity index (χ1n) is 5.57. The quantitative estimate of drug-likeness (QED) is 0.790. The lowest BCUT2D eigenvalue weighted by Crippen LogP contribution is -2.23. The van der Waals surface area contributed by atoms with Crippen molar-refractivity contribution in [1.29, 1.82) is 0 Å². The van der Waals surface area contributed by atoms with E-state index >= 15 is 0 Å². The summed E-state index contributed by atoms with van der Waals surface area (Å²) in [5.41, 5.74) is 8.04. The van der Waals surface area contributed by atoms with Crippen molar-refractivity contribution < 1.29 is 0 Å². The van der Waals surface area contributed by atoms with Gasteiger partial charge in [-0.1, -0.05) is 0 Å². The van der Waals surface area contributed by atoms with Crippen molar-refractivity contribution in [3.05, 3.63) is 17.5 Å². The predicted octanol–water partition coefficient (Wildman–Crippen LogP) is 0.750. The largest absolute Gasteiger partial charge is 0.344 e. The van der Waals surface area contributed by atoms with Gasteiger partial charge in [0, 0.05) is 25.5 Å². The molecule has 4 heteroatoms. The molecule has 0 aliphatic heterocycles. The summed E-state index contributed by atoms with van der Waals surface area (Å²) in [5, 5.41) is 0. The molecule has 0 spiro atoms. The minimum absolute atomic E-state index is 0.718. The minimum Gasteiger partial charge on any atom is -0.344 e. The Kier molecular flexibility index (Phi) is 3.16. The zero-order chi connectivity index (χ0) is 10.7. The van der Waals surface area contributed by atoms with Crippen LogP contribution in [-0.2, 0) is 12.8 Å². The second-order valence-electron chi connectivity index (χ2n) is 4.06. The highest BCUT2D eigenvalue weighted by atomic mass is 15.2. The van der Waals surface area contributed by atoms with Crippen LogP contribution in [0.1, 0.15) is 24.1 Å². The fraction of sp³-hybridized carbons (Fsp3) is 0.636. The SMILES string of the molecule is CN(CCCN)c1ncc2c(n1)CCC2. The molecule has 1 aromatic heterocycles. The maximum Gasteiger partial charge on any atom is 0.225 e. The summed E-state index contributed by atoms with van der Waals surface area (Å²) in [6.07, 6.45) is 6.43. The van der Waals surface area contributed by atoms with E-state index in [4.69, 9.17) is 5.73 Å². The van der Waals surface area contributed by atoms with E-state index in [1.54, 1.807) is 0 Å². The predicted molar refractivity (Wildman–Crippen MR) is 61.0 cm³/mol. The van der Waals surface area contributed by atoms with Crippen molar-refractivity contribution in [1.82, 2.24) is 9.97 Å². The molecule has 0 fully saturated rings. The van der Waals surface area contributed by atoms with Gasteiger partial charge in [0.05, 0.1) is 0 Å². The molecule has 1 aromatic rings. The highest BCUT2D eigenvalue weighted by Gasteiger charge is 2.14. The molecule has 0 bridgehead atoms. The molecule has 2 N–H and O–H groups in total. The number of fused-ring (bicyclic) bond motifs is 1. The number of nitrogens with zero attached hydrogens (tertiary/aromatic N) is 3. The Morgan fingerprint density at radius 1 is 1.47 bits per heavy atom. The summed E-state index contributed by atoms with van der Waals surface area (Å²) in [6.45, 7) is 1.64. The lowest BCUT2D eigenvalue weighted by atomic mass is 10.3. The van der Waals surface area contributed by atoms with Crippen LogP contribution in [-0.4, -0.2) is 30.1 Å². The topological polar surface area (TPSA) is 55.0 Å². The third-order valence-electron chi connectivity index (χ3n) is 2.84. The van der Waals surface area contributed by atoms with E-state index in [-0.39, 0.29) is 0 Å². The summed E-state index contributed by atoms with van der Waals surface area (Å²) < 4.78 is 0. The summed E-state index contributed by atoms with van der Waals surface area (Å²) in [4.78, 5) is 11.0. The van der Waals surface area contributed by atoms with Crippen molar-refractivity contribution >= 4 is 5.95 Å². The zero-order valence-electron chi connectivity index (χ0n) is 9.24. The van der Waals surface area contributed by atoms with Crippen LogP contribution in [0.15, 0.2) is 6.20 Å². The lowest BCUT2D eigenvalue weighted by molar-refractivity contribution is 0.770. The molecule has 0 unspecified atom stereocenters.